The Morgan fingerprint density at radius 3 is 2.45 bits per heavy atom. The molecule has 8 nitrogen and oxygen atoms in total. The molecule has 2 atom stereocenters. The van der Waals surface area contributed by atoms with E-state index in [0.717, 1.165) is 22.4 Å². The number of aryl methyl sites for hydroxylation is 1. The van der Waals surface area contributed by atoms with Gasteiger partial charge in [0.2, 0.25) is 0 Å². The highest BCUT2D eigenvalue weighted by molar-refractivity contribution is 7.86. The molecule has 210 valence electrons. The molecule has 0 radical (unpaired) electrons. The number of carboxylic acids is 1. The van der Waals surface area contributed by atoms with Crippen LogP contribution in [0.15, 0.2) is 93.6 Å². The summed E-state index contributed by atoms with van der Waals surface area (Å²) in [4.78, 5) is 17.2. The standard InChI is InChI=1S/C30H34N2O6SSi/c1-6-29(38-40(3,4)5,19-37-39(35,36)22-13-11-20(2)12-14-22)17-21-18-31-26-16-15-23(28(33)34)27-30(21,26)24-9-7-8-10-25(24)32-27/h7-16,18,31H,6,17,19H2,1-5H3,(H,33,34). The van der Waals surface area contributed by atoms with Gasteiger partial charge in [-0.1, -0.05) is 42.8 Å². The van der Waals surface area contributed by atoms with E-state index in [2.05, 4.69) is 25.0 Å². The Kier molecular flexibility index (Phi) is 7.02. The maximum atomic E-state index is 13.2. The zero-order valence-electron chi connectivity index (χ0n) is 23.3. The number of para-hydroxylation sites is 1. The summed E-state index contributed by atoms with van der Waals surface area (Å²) in [6.45, 7) is 9.83. The van der Waals surface area contributed by atoms with Crippen LogP contribution in [0, 0.1) is 6.92 Å². The second kappa shape index (κ2) is 9.95. The van der Waals surface area contributed by atoms with Gasteiger partial charge in [0, 0.05) is 23.9 Å². The Bertz CT molecular complexity index is 1600. The average Bonchev–Trinajstić information content (AvgIpc) is 3.44. The first-order valence-electron chi connectivity index (χ1n) is 13.3. The smallest absolute Gasteiger partial charge is 0.337 e. The van der Waals surface area contributed by atoms with Gasteiger partial charge in [-0.3, -0.25) is 9.18 Å². The Hall–Kier alpha value is -3.31. The molecule has 10 heteroatoms. The monoisotopic (exact) mass is 578 g/mol. The summed E-state index contributed by atoms with van der Waals surface area (Å²) in [5, 5.41) is 13.4. The molecule has 0 amide bonds. The molecule has 0 fully saturated rings. The minimum atomic E-state index is -4.04. The molecule has 2 aliphatic heterocycles. The lowest BCUT2D eigenvalue weighted by Gasteiger charge is -2.42. The Morgan fingerprint density at radius 1 is 1.10 bits per heavy atom. The van der Waals surface area contributed by atoms with E-state index in [1.165, 1.54) is 12.1 Å². The van der Waals surface area contributed by atoms with Crippen molar-refractivity contribution in [2.45, 2.75) is 62.2 Å². The van der Waals surface area contributed by atoms with Crippen LogP contribution in [0.1, 0.15) is 30.9 Å². The molecule has 2 N–H and O–H groups in total. The number of aliphatic imine (C=N–C) groups is 1. The van der Waals surface area contributed by atoms with Gasteiger partial charge in [-0.05, 0) is 68.9 Å². The van der Waals surface area contributed by atoms with Crippen molar-refractivity contribution in [1.82, 2.24) is 5.32 Å². The number of hydrogen-bond donors (Lipinski definition) is 2. The van der Waals surface area contributed by atoms with Crippen LogP contribution in [-0.4, -0.2) is 45.7 Å². The van der Waals surface area contributed by atoms with Crippen molar-refractivity contribution in [2.75, 3.05) is 6.61 Å². The number of carbonyl (C=O) groups is 1. The number of benzene rings is 2. The second-order valence-electron chi connectivity index (χ2n) is 11.5. The van der Waals surface area contributed by atoms with Gasteiger partial charge in [-0.25, -0.2) is 4.79 Å². The van der Waals surface area contributed by atoms with Gasteiger partial charge in [-0.2, -0.15) is 8.42 Å². The van der Waals surface area contributed by atoms with E-state index in [1.54, 1.807) is 24.3 Å². The molecule has 0 saturated heterocycles. The van der Waals surface area contributed by atoms with Gasteiger partial charge < -0.3 is 14.8 Å². The Labute approximate surface area is 236 Å². The summed E-state index contributed by atoms with van der Waals surface area (Å²) in [6, 6.07) is 14.2. The van der Waals surface area contributed by atoms with Crippen LogP contribution < -0.4 is 5.32 Å². The first-order chi connectivity index (χ1) is 18.8. The number of nitrogens with zero attached hydrogens (tertiary/aromatic N) is 1. The number of carboxylic acid groups (broad SMARTS) is 1. The van der Waals surface area contributed by atoms with E-state index < -0.39 is 35.4 Å². The van der Waals surface area contributed by atoms with E-state index in [-0.39, 0.29) is 17.1 Å². The van der Waals surface area contributed by atoms with Crippen molar-refractivity contribution in [3.05, 3.63) is 94.9 Å². The zero-order valence-corrected chi connectivity index (χ0v) is 25.1. The van der Waals surface area contributed by atoms with E-state index in [0.29, 0.717) is 24.2 Å². The molecule has 2 heterocycles. The van der Waals surface area contributed by atoms with E-state index in [9.17, 15) is 18.3 Å². The number of allylic oxidation sites excluding steroid dienone is 3. The molecule has 2 unspecified atom stereocenters. The largest absolute Gasteiger partial charge is 0.478 e. The maximum absolute atomic E-state index is 13.2. The van der Waals surface area contributed by atoms with Crippen molar-refractivity contribution in [1.29, 1.82) is 0 Å². The minimum absolute atomic E-state index is 0.0873. The molecule has 3 aliphatic rings. The molecule has 1 spiro atoms. The van der Waals surface area contributed by atoms with E-state index in [4.69, 9.17) is 13.6 Å². The lowest BCUT2D eigenvalue weighted by atomic mass is 9.65. The third-order valence-electron chi connectivity index (χ3n) is 7.55. The quantitative estimate of drug-likeness (QED) is 0.282. The Balaban J connectivity index is 1.56. The van der Waals surface area contributed by atoms with Gasteiger partial charge in [0.15, 0.2) is 8.32 Å². The van der Waals surface area contributed by atoms with Gasteiger partial charge in [0.25, 0.3) is 10.1 Å². The summed E-state index contributed by atoms with van der Waals surface area (Å²) in [6.07, 6.45) is 6.03. The fraction of sp³-hybridized carbons (Fsp3) is 0.333. The van der Waals surface area contributed by atoms with Crippen LogP contribution in [0.2, 0.25) is 19.6 Å². The van der Waals surface area contributed by atoms with Crippen molar-refractivity contribution in [3.63, 3.8) is 0 Å². The molecule has 1 aliphatic carbocycles. The number of aliphatic carboxylic acids is 1. The van der Waals surface area contributed by atoms with Crippen molar-refractivity contribution in [3.8, 4) is 0 Å². The molecule has 0 aromatic heterocycles. The number of hydrogen-bond acceptors (Lipinski definition) is 7. The van der Waals surface area contributed by atoms with Crippen LogP contribution in [0.3, 0.4) is 0 Å². The molecular formula is C30H34N2O6SSi. The highest BCUT2D eigenvalue weighted by Gasteiger charge is 2.56. The number of fused-ring (bicyclic) bond motifs is 1. The molecule has 2 aromatic rings. The third-order valence-corrected chi connectivity index (χ3v) is 9.87. The van der Waals surface area contributed by atoms with Crippen molar-refractivity contribution in [2.24, 2.45) is 4.99 Å². The normalized spacial score (nSPS) is 21.1. The highest BCUT2D eigenvalue weighted by atomic mass is 32.2. The van der Waals surface area contributed by atoms with Crippen LogP contribution in [0.25, 0.3) is 0 Å². The fourth-order valence-corrected chi connectivity index (χ4v) is 8.33. The van der Waals surface area contributed by atoms with Crippen LogP contribution >= 0.6 is 0 Å². The predicted molar refractivity (Wildman–Crippen MR) is 157 cm³/mol. The fourth-order valence-electron chi connectivity index (χ4n) is 5.78. The van der Waals surface area contributed by atoms with E-state index >= 15 is 0 Å². The summed E-state index contributed by atoms with van der Waals surface area (Å²) in [5.74, 6) is -1.06. The van der Waals surface area contributed by atoms with E-state index in [1.807, 2.05) is 44.3 Å². The summed E-state index contributed by atoms with van der Waals surface area (Å²) >= 11 is 0. The average molecular weight is 579 g/mol. The van der Waals surface area contributed by atoms with Gasteiger partial charge in [-0.15, -0.1) is 0 Å². The van der Waals surface area contributed by atoms with Crippen LogP contribution in [0.5, 0.6) is 0 Å². The zero-order chi connectivity index (χ0) is 28.9. The second-order valence-corrected chi connectivity index (χ2v) is 17.5. The topological polar surface area (TPSA) is 114 Å². The Morgan fingerprint density at radius 2 is 1.80 bits per heavy atom. The number of nitrogens with one attached hydrogen (secondary N) is 1. The lowest BCUT2D eigenvalue weighted by Crippen LogP contribution is -2.49. The van der Waals surface area contributed by atoms with Crippen molar-refractivity contribution >= 4 is 35.8 Å². The first kappa shape index (κ1) is 28.2. The predicted octanol–water partition coefficient (Wildman–Crippen LogP) is 5.51. The molecule has 2 aromatic carbocycles. The summed E-state index contributed by atoms with van der Waals surface area (Å²) < 4.78 is 38.9. The molecule has 40 heavy (non-hydrogen) atoms. The molecule has 0 bridgehead atoms. The highest BCUT2D eigenvalue weighted by Crippen LogP contribution is 2.56. The van der Waals surface area contributed by atoms with Gasteiger partial charge in [0.05, 0.1) is 34.1 Å². The maximum Gasteiger partial charge on any atom is 0.337 e. The number of rotatable bonds is 10. The first-order valence-corrected chi connectivity index (χ1v) is 18.1. The molecule has 5 rings (SSSR count). The lowest BCUT2D eigenvalue weighted by molar-refractivity contribution is -0.132. The van der Waals surface area contributed by atoms with Crippen LogP contribution in [0.4, 0.5) is 5.69 Å². The van der Waals surface area contributed by atoms with Crippen LogP contribution in [-0.2, 0) is 28.9 Å². The van der Waals surface area contributed by atoms with Crippen molar-refractivity contribution < 1.29 is 26.9 Å². The third kappa shape index (κ3) is 4.79. The summed E-state index contributed by atoms with van der Waals surface area (Å²) in [7, 11) is -6.27. The minimum Gasteiger partial charge on any atom is -0.478 e. The molecular weight excluding hydrogens is 544 g/mol. The SMILES string of the molecule is CCC(COS(=O)(=O)c1ccc(C)cc1)(CC1=CNC2=CC=C(C(=O)O)C3=Nc4ccccc4C123)O[Si](C)(C)C. The molecule has 0 saturated carbocycles. The van der Waals surface area contributed by atoms with Gasteiger partial charge >= 0.3 is 5.97 Å². The van der Waals surface area contributed by atoms with Gasteiger partial charge in [0.1, 0.15) is 5.41 Å². The summed E-state index contributed by atoms with van der Waals surface area (Å²) in [5.41, 5.74) is 2.84.